The summed E-state index contributed by atoms with van der Waals surface area (Å²) in [7, 11) is 0. The van der Waals surface area contributed by atoms with E-state index in [2.05, 4.69) is 39.0 Å². The summed E-state index contributed by atoms with van der Waals surface area (Å²) in [5, 5.41) is 10.3. The molecule has 0 heterocycles. The van der Waals surface area contributed by atoms with E-state index in [0.717, 1.165) is 6.42 Å². The molecule has 0 unspecified atom stereocenters. The fourth-order valence-corrected chi connectivity index (χ4v) is 2.70. The van der Waals surface area contributed by atoms with Crippen LogP contribution in [0.5, 0.6) is 0 Å². The number of benzene rings is 1. The molecule has 2 atom stereocenters. The van der Waals surface area contributed by atoms with E-state index >= 15 is 0 Å². The van der Waals surface area contributed by atoms with Crippen molar-refractivity contribution in [2.24, 2.45) is 11.3 Å². The van der Waals surface area contributed by atoms with Crippen LogP contribution in [-0.2, 0) is 0 Å². The van der Waals surface area contributed by atoms with Crippen LogP contribution in [0.4, 0.5) is 0 Å². The Kier molecular flexibility index (Phi) is 2.90. The van der Waals surface area contributed by atoms with Gasteiger partial charge in [0, 0.05) is 0 Å². The zero-order chi connectivity index (χ0) is 11.8. The SMILES string of the molecule is C[C@H]1CC(C)(C)[C@@H](O)/C1=C\c1ccccc1. The molecule has 0 radical (unpaired) electrons. The minimum atomic E-state index is -0.303. The monoisotopic (exact) mass is 216 g/mol. The molecule has 16 heavy (non-hydrogen) atoms. The summed E-state index contributed by atoms with van der Waals surface area (Å²) in [6, 6.07) is 10.2. The van der Waals surface area contributed by atoms with Gasteiger partial charge >= 0.3 is 0 Å². The van der Waals surface area contributed by atoms with Crippen molar-refractivity contribution < 1.29 is 5.11 Å². The zero-order valence-electron chi connectivity index (χ0n) is 10.3. The second kappa shape index (κ2) is 4.06. The lowest BCUT2D eigenvalue weighted by Crippen LogP contribution is -2.23. The number of aliphatic hydroxyl groups is 1. The highest BCUT2D eigenvalue weighted by Gasteiger charge is 2.41. The van der Waals surface area contributed by atoms with Crippen molar-refractivity contribution in [3.05, 3.63) is 41.5 Å². The summed E-state index contributed by atoms with van der Waals surface area (Å²) >= 11 is 0. The summed E-state index contributed by atoms with van der Waals surface area (Å²) in [5.41, 5.74) is 2.37. The zero-order valence-corrected chi connectivity index (χ0v) is 10.3. The van der Waals surface area contributed by atoms with Gasteiger partial charge in [-0.15, -0.1) is 0 Å². The molecule has 0 spiro atoms. The van der Waals surface area contributed by atoms with E-state index in [0.29, 0.717) is 5.92 Å². The van der Waals surface area contributed by atoms with Gasteiger partial charge < -0.3 is 5.11 Å². The lowest BCUT2D eigenvalue weighted by molar-refractivity contribution is 0.105. The Labute approximate surface area is 97.8 Å². The maximum atomic E-state index is 10.3. The van der Waals surface area contributed by atoms with Crippen LogP contribution >= 0.6 is 0 Å². The van der Waals surface area contributed by atoms with E-state index in [9.17, 15) is 5.11 Å². The fraction of sp³-hybridized carbons (Fsp3) is 0.467. The molecular weight excluding hydrogens is 196 g/mol. The van der Waals surface area contributed by atoms with Crippen molar-refractivity contribution in [1.82, 2.24) is 0 Å². The number of aliphatic hydroxyl groups excluding tert-OH is 1. The van der Waals surface area contributed by atoms with E-state index in [1.165, 1.54) is 11.1 Å². The van der Waals surface area contributed by atoms with Crippen molar-refractivity contribution in [3.63, 3.8) is 0 Å². The topological polar surface area (TPSA) is 20.2 Å². The first-order valence-corrected chi connectivity index (χ1v) is 5.95. The van der Waals surface area contributed by atoms with E-state index in [4.69, 9.17) is 0 Å². The average Bonchev–Trinajstić information content (AvgIpc) is 2.42. The number of hydrogen-bond donors (Lipinski definition) is 1. The predicted octanol–water partition coefficient (Wildman–Crippen LogP) is 3.50. The molecule has 1 aliphatic carbocycles. The quantitative estimate of drug-likeness (QED) is 0.761. The molecule has 0 bridgehead atoms. The molecule has 1 aromatic rings. The van der Waals surface area contributed by atoms with E-state index in [1.807, 2.05) is 18.2 Å². The molecule has 0 aliphatic heterocycles. The Hall–Kier alpha value is -1.08. The molecule has 1 fully saturated rings. The Morgan fingerprint density at radius 2 is 1.88 bits per heavy atom. The Bertz CT molecular complexity index is 389. The molecule has 2 rings (SSSR count). The van der Waals surface area contributed by atoms with Gasteiger partial charge in [0.2, 0.25) is 0 Å². The van der Waals surface area contributed by atoms with Crippen LogP contribution in [0.1, 0.15) is 32.8 Å². The Morgan fingerprint density at radius 3 is 2.38 bits per heavy atom. The van der Waals surface area contributed by atoms with Crippen LogP contribution < -0.4 is 0 Å². The van der Waals surface area contributed by atoms with Gasteiger partial charge in [0.05, 0.1) is 6.10 Å². The third-order valence-corrected chi connectivity index (χ3v) is 3.59. The third kappa shape index (κ3) is 2.05. The van der Waals surface area contributed by atoms with Crippen molar-refractivity contribution in [2.75, 3.05) is 0 Å². The molecule has 1 heteroatoms. The molecule has 86 valence electrons. The van der Waals surface area contributed by atoms with Crippen LogP contribution in [0.25, 0.3) is 6.08 Å². The first-order chi connectivity index (χ1) is 7.50. The summed E-state index contributed by atoms with van der Waals surface area (Å²) in [6.07, 6.45) is 2.90. The Morgan fingerprint density at radius 1 is 1.25 bits per heavy atom. The minimum absolute atomic E-state index is 0.0139. The van der Waals surface area contributed by atoms with Gasteiger partial charge in [-0.2, -0.15) is 0 Å². The predicted molar refractivity (Wildman–Crippen MR) is 68.0 cm³/mol. The van der Waals surface area contributed by atoms with Gasteiger partial charge in [-0.3, -0.25) is 0 Å². The van der Waals surface area contributed by atoms with E-state index in [-0.39, 0.29) is 11.5 Å². The molecule has 0 aromatic heterocycles. The largest absolute Gasteiger partial charge is 0.388 e. The molecule has 1 nitrogen and oxygen atoms in total. The van der Waals surface area contributed by atoms with Crippen molar-refractivity contribution in [1.29, 1.82) is 0 Å². The summed E-state index contributed by atoms with van der Waals surface area (Å²) < 4.78 is 0. The molecule has 1 aromatic carbocycles. The minimum Gasteiger partial charge on any atom is -0.388 e. The summed E-state index contributed by atoms with van der Waals surface area (Å²) in [4.78, 5) is 0. The van der Waals surface area contributed by atoms with Crippen LogP contribution in [0.3, 0.4) is 0 Å². The Balaban J connectivity index is 2.32. The summed E-state index contributed by atoms with van der Waals surface area (Å²) in [5.74, 6) is 0.477. The van der Waals surface area contributed by atoms with E-state index < -0.39 is 0 Å². The molecule has 1 saturated carbocycles. The smallest absolute Gasteiger partial charge is 0.0807 e. The first-order valence-electron chi connectivity index (χ1n) is 5.95. The lowest BCUT2D eigenvalue weighted by Gasteiger charge is -2.22. The van der Waals surface area contributed by atoms with Gasteiger partial charge in [0.25, 0.3) is 0 Å². The highest BCUT2D eigenvalue weighted by molar-refractivity contribution is 5.55. The maximum Gasteiger partial charge on any atom is 0.0807 e. The van der Waals surface area contributed by atoms with E-state index in [1.54, 1.807) is 0 Å². The lowest BCUT2D eigenvalue weighted by atomic mass is 9.88. The van der Waals surface area contributed by atoms with Crippen molar-refractivity contribution in [3.8, 4) is 0 Å². The molecule has 0 amide bonds. The second-order valence-corrected chi connectivity index (χ2v) is 5.55. The second-order valence-electron chi connectivity index (χ2n) is 5.55. The molecular formula is C15H20O. The van der Waals surface area contributed by atoms with Gasteiger partial charge in [-0.05, 0) is 28.9 Å². The molecule has 1 N–H and O–H groups in total. The summed E-state index contributed by atoms with van der Waals surface area (Å²) in [6.45, 7) is 6.48. The van der Waals surface area contributed by atoms with Crippen LogP contribution in [0, 0.1) is 11.3 Å². The molecule has 1 aliphatic rings. The molecule has 0 saturated heterocycles. The van der Waals surface area contributed by atoms with Crippen LogP contribution in [0.15, 0.2) is 35.9 Å². The first kappa shape index (κ1) is 11.4. The number of hydrogen-bond acceptors (Lipinski definition) is 1. The fourth-order valence-electron chi connectivity index (χ4n) is 2.70. The third-order valence-electron chi connectivity index (χ3n) is 3.59. The van der Waals surface area contributed by atoms with Gasteiger partial charge in [0.1, 0.15) is 0 Å². The van der Waals surface area contributed by atoms with Gasteiger partial charge in [-0.25, -0.2) is 0 Å². The van der Waals surface area contributed by atoms with Gasteiger partial charge in [0.15, 0.2) is 0 Å². The van der Waals surface area contributed by atoms with Gasteiger partial charge in [-0.1, -0.05) is 57.2 Å². The highest BCUT2D eigenvalue weighted by Crippen LogP contribution is 2.45. The standard InChI is InChI=1S/C15H20O/c1-11-10-15(2,3)14(16)13(11)9-12-7-5-4-6-8-12/h4-9,11,14,16H,10H2,1-3H3/b13-9-/t11-,14-/m0/s1. The maximum absolute atomic E-state index is 10.3. The highest BCUT2D eigenvalue weighted by atomic mass is 16.3. The number of rotatable bonds is 1. The normalized spacial score (nSPS) is 30.9. The van der Waals surface area contributed by atoms with Crippen molar-refractivity contribution in [2.45, 2.75) is 33.3 Å². The van der Waals surface area contributed by atoms with Crippen LogP contribution in [-0.4, -0.2) is 11.2 Å². The van der Waals surface area contributed by atoms with Crippen molar-refractivity contribution >= 4 is 6.08 Å². The average molecular weight is 216 g/mol. The van der Waals surface area contributed by atoms with Crippen LogP contribution in [0.2, 0.25) is 0 Å².